The summed E-state index contributed by atoms with van der Waals surface area (Å²) in [5.41, 5.74) is 4.81. The smallest absolute Gasteiger partial charge is 0.126 e. The van der Waals surface area contributed by atoms with Gasteiger partial charge in [-0.2, -0.15) is 0 Å². The number of aromatic hydroxyl groups is 1. The van der Waals surface area contributed by atoms with Crippen LogP contribution in [0.4, 0.5) is 0 Å². The van der Waals surface area contributed by atoms with Crippen molar-refractivity contribution in [2.24, 2.45) is 5.92 Å². The molecule has 1 saturated carbocycles. The van der Waals surface area contributed by atoms with Crippen molar-refractivity contribution in [1.29, 1.82) is 0 Å². The van der Waals surface area contributed by atoms with Crippen LogP contribution in [0.3, 0.4) is 0 Å². The molecule has 1 aliphatic carbocycles. The Morgan fingerprint density at radius 3 is 2.32 bits per heavy atom. The Kier molecular flexibility index (Phi) is 5.04. The second-order valence-corrected chi connectivity index (χ2v) is 8.34. The van der Waals surface area contributed by atoms with Gasteiger partial charge < -0.3 is 5.11 Å². The maximum atomic E-state index is 10.9. The van der Waals surface area contributed by atoms with E-state index in [0.717, 1.165) is 5.56 Å². The molecule has 0 radical (unpaired) electrons. The van der Waals surface area contributed by atoms with Crippen LogP contribution in [-0.4, -0.2) is 5.11 Å². The molecule has 122 valence electrons. The van der Waals surface area contributed by atoms with Gasteiger partial charge in [-0.25, -0.2) is 0 Å². The molecular weight excluding hydrogens is 268 g/mol. The number of hydrogen-bond donors (Lipinski definition) is 1. The van der Waals surface area contributed by atoms with Crippen LogP contribution < -0.4 is 0 Å². The largest absolute Gasteiger partial charge is 0.507 e. The van der Waals surface area contributed by atoms with E-state index in [4.69, 9.17) is 0 Å². The molecule has 1 aromatic carbocycles. The molecule has 0 saturated heterocycles. The third-order valence-corrected chi connectivity index (χ3v) is 4.99. The standard InChI is InChI=1S/C21H32O/c1-14(2)11-16-12-17(21(4,5)6)13-19(20(16)22)18-10-8-7-9-15(18)3/h11-13,15,18,22H,7-10H2,1-6H3. The van der Waals surface area contributed by atoms with Gasteiger partial charge in [0.2, 0.25) is 0 Å². The lowest BCUT2D eigenvalue weighted by Gasteiger charge is -2.31. The fourth-order valence-electron chi connectivity index (χ4n) is 3.60. The fraction of sp³-hybridized carbons (Fsp3) is 0.619. The molecule has 1 heteroatoms. The summed E-state index contributed by atoms with van der Waals surface area (Å²) in [6, 6.07) is 4.43. The highest BCUT2D eigenvalue weighted by Gasteiger charge is 2.28. The van der Waals surface area contributed by atoms with Crippen LogP contribution in [0, 0.1) is 5.92 Å². The van der Waals surface area contributed by atoms with E-state index in [-0.39, 0.29) is 5.41 Å². The van der Waals surface area contributed by atoms with Crippen molar-refractivity contribution in [3.8, 4) is 5.75 Å². The Morgan fingerprint density at radius 1 is 1.14 bits per heavy atom. The van der Waals surface area contributed by atoms with E-state index in [0.29, 0.717) is 17.6 Å². The number of phenols is 1. The summed E-state index contributed by atoms with van der Waals surface area (Å²) >= 11 is 0. The van der Waals surface area contributed by atoms with Crippen LogP contribution >= 0.6 is 0 Å². The van der Waals surface area contributed by atoms with Crippen molar-refractivity contribution in [2.45, 2.75) is 78.6 Å². The number of hydrogen-bond acceptors (Lipinski definition) is 1. The maximum absolute atomic E-state index is 10.9. The molecule has 22 heavy (non-hydrogen) atoms. The van der Waals surface area contributed by atoms with E-state index in [1.54, 1.807) is 0 Å². The molecule has 2 unspecified atom stereocenters. The van der Waals surface area contributed by atoms with Gasteiger partial charge in [0, 0.05) is 5.56 Å². The van der Waals surface area contributed by atoms with Crippen molar-refractivity contribution in [1.82, 2.24) is 0 Å². The highest BCUT2D eigenvalue weighted by molar-refractivity contribution is 5.63. The third kappa shape index (κ3) is 3.74. The van der Waals surface area contributed by atoms with Crippen LogP contribution in [-0.2, 0) is 5.41 Å². The lowest BCUT2D eigenvalue weighted by atomic mass is 9.74. The van der Waals surface area contributed by atoms with E-state index in [9.17, 15) is 5.11 Å². The van der Waals surface area contributed by atoms with Crippen LogP contribution in [0.15, 0.2) is 17.7 Å². The second kappa shape index (κ2) is 6.48. The number of benzene rings is 1. The second-order valence-electron chi connectivity index (χ2n) is 8.34. The van der Waals surface area contributed by atoms with Gasteiger partial charge in [-0.15, -0.1) is 0 Å². The van der Waals surface area contributed by atoms with Crippen LogP contribution in [0.25, 0.3) is 6.08 Å². The first-order valence-electron chi connectivity index (χ1n) is 8.72. The minimum Gasteiger partial charge on any atom is -0.507 e. The van der Waals surface area contributed by atoms with Crippen molar-refractivity contribution < 1.29 is 5.11 Å². The monoisotopic (exact) mass is 300 g/mol. The highest BCUT2D eigenvalue weighted by atomic mass is 16.3. The molecule has 0 aliphatic heterocycles. The quantitative estimate of drug-likeness (QED) is 0.669. The molecule has 0 amide bonds. The van der Waals surface area contributed by atoms with Crippen molar-refractivity contribution >= 4 is 6.08 Å². The number of rotatable bonds is 2. The Bertz CT molecular complexity index is 556. The van der Waals surface area contributed by atoms with Gasteiger partial charge in [-0.3, -0.25) is 0 Å². The van der Waals surface area contributed by atoms with Gasteiger partial charge in [0.1, 0.15) is 5.75 Å². The first kappa shape index (κ1) is 17.1. The van der Waals surface area contributed by atoms with Gasteiger partial charge in [0.25, 0.3) is 0 Å². The SMILES string of the molecule is CC(C)=Cc1cc(C(C)(C)C)cc(C2CCCCC2C)c1O. The summed E-state index contributed by atoms with van der Waals surface area (Å²) < 4.78 is 0. The Labute approximate surface area is 136 Å². The summed E-state index contributed by atoms with van der Waals surface area (Å²) in [6.45, 7) is 13.3. The van der Waals surface area contributed by atoms with E-state index in [2.05, 4.69) is 59.8 Å². The summed E-state index contributed by atoms with van der Waals surface area (Å²) in [4.78, 5) is 0. The number of phenolic OH excluding ortho intramolecular Hbond substituents is 1. The minimum atomic E-state index is 0.102. The summed E-state index contributed by atoms with van der Waals surface area (Å²) in [5, 5.41) is 10.9. The van der Waals surface area contributed by atoms with Gasteiger partial charge >= 0.3 is 0 Å². The molecule has 1 aliphatic rings. The van der Waals surface area contributed by atoms with Crippen molar-refractivity contribution in [2.75, 3.05) is 0 Å². The summed E-state index contributed by atoms with van der Waals surface area (Å²) in [5.74, 6) is 1.67. The van der Waals surface area contributed by atoms with Gasteiger partial charge in [0.05, 0.1) is 0 Å². The molecule has 1 N–H and O–H groups in total. The molecule has 0 bridgehead atoms. The molecule has 0 spiro atoms. The maximum Gasteiger partial charge on any atom is 0.126 e. The topological polar surface area (TPSA) is 20.2 Å². The molecule has 2 rings (SSSR count). The van der Waals surface area contributed by atoms with E-state index in [1.165, 1.54) is 42.4 Å². The molecule has 1 fully saturated rings. The Morgan fingerprint density at radius 2 is 1.77 bits per heavy atom. The lowest BCUT2D eigenvalue weighted by Crippen LogP contribution is -2.17. The summed E-state index contributed by atoms with van der Waals surface area (Å²) in [7, 11) is 0. The van der Waals surface area contributed by atoms with Crippen molar-refractivity contribution in [3.05, 3.63) is 34.4 Å². The van der Waals surface area contributed by atoms with E-state index in [1.807, 2.05) is 0 Å². The number of allylic oxidation sites excluding steroid dienone is 1. The predicted molar refractivity (Wildman–Crippen MR) is 96.5 cm³/mol. The van der Waals surface area contributed by atoms with Gasteiger partial charge in [0.15, 0.2) is 0 Å². The van der Waals surface area contributed by atoms with Gasteiger partial charge in [-0.1, -0.05) is 64.7 Å². The zero-order valence-corrected chi connectivity index (χ0v) is 15.2. The van der Waals surface area contributed by atoms with Crippen LogP contribution in [0.1, 0.15) is 89.8 Å². The average molecular weight is 300 g/mol. The highest BCUT2D eigenvalue weighted by Crippen LogP contribution is 2.44. The molecule has 1 nitrogen and oxygen atoms in total. The Balaban J connectivity index is 2.58. The third-order valence-electron chi connectivity index (χ3n) is 4.99. The van der Waals surface area contributed by atoms with Crippen LogP contribution in [0.5, 0.6) is 5.75 Å². The lowest BCUT2D eigenvalue weighted by molar-refractivity contribution is 0.321. The van der Waals surface area contributed by atoms with Gasteiger partial charge in [-0.05, 0) is 54.7 Å². The molecular formula is C21H32O. The van der Waals surface area contributed by atoms with E-state index >= 15 is 0 Å². The molecule has 2 atom stereocenters. The molecule has 0 aromatic heterocycles. The normalized spacial score (nSPS) is 22.5. The fourth-order valence-corrected chi connectivity index (χ4v) is 3.60. The van der Waals surface area contributed by atoms with E-state index < -0.39 is 0 Å². The zero-order valence-electron chi connectivity index (χ0n) is 15.2. The molecule has 0 heterocycles. The molecule has 1 aromatic rings. The summed E-state index contributed by atoms with van der Waals surface area (Å²) in [6.07, 6.45) is 7.21. The average Bonchev–Trinajstić information content (AvgIpc) is 2.40. The minimum absolute atomic E-state index is 0.102. The first-order chi connectivity index (χ1) is 10.2. The predicted octanol–water partition coefficient (Wildman–Crippen LogP) is 6.41. The zero-order chi connectivity index (χ0) is 16.5. The first-order valence-corrected chi connectivity index (χ1v) is 8.72. The van der Waals surface area contributed by atoms with Crippen molar-refractivity contribution in [3.63, 3.8) is 0 Å². The van der Waals surface area contributed by atoms with Crippen LogP contribution in [0.2, 0.25) is 0 Å². The Hall–Kier alpha value is -1.24.